The minimum atomic E-state index is -0.0596. The van der Waals surface area contributed by atoms with Gasteiger partial charge in [0.1, 0.15) is 5.01 Å². The van der Waals surface area contributed by atoms with Crippen LogP contribution in [0.4, 0.5) is 5.13 Å². The first-order chi connectivity index (χ1) is 12.3. The molecule has 0 spiro atoms. The van der Waals surface area contributed by atoms with Crippen molar-refractivity contribution in [3.05, 3.63) is 29.3 Å². The molecule has 2 aromatic heterocycles. The van der Waals surface area contributed by atoms with Crippen LogP contribution < -0.4 is 5.32 Å². The Bertz CT molecular complexity index is 837. The quantitative estimate of drug-likeness (QED) is 0.626. The van der Waals surface area contributed by atoms with Crippen LogP contribution in [0.15, 0.2) is 28.6 Å². The summed E-state index contributed by atoms with van der Waals surface area (Å²) in [5.41, 5.74) is 0.983. The second kappa shape index (κ2) is 7.80. The maximum absolute atomic E-state index is 12.2. The summed E-state index contributed by atoms with van der Waals surface area (Å²) < 4.78 is 2.06. The molecule has 0 bridgehead atoms. The Kier molecular flexibility index (Phi) is 5.28. The van der Waals surface area contributed by atoms with Crippen LogP contribution in [-0.2, 0) is 4.79 Å². The third-order valence-corrected chi connectivity index (χ3v) is 7.42. The third-order valence-electron chi connectivity index (χ3n) is 4.24. The van der Waals surface area contributed by atoms with Crippen molar-refractivity contribution in [2.75, 3.05) is 11.1 Å². The van der Waals surface area contributed by atoms with Crippen molar-refractivity contribution >= 4 is 55.7 Å². The maximum Gasteiger partial charge on any atom is 0.236 e. The molecule has 0 saturated heterocycles. The van der Waals surface area contributed by atoms with Gasteiger partial charge in [-0.15, -0.1) is 21.5 Å². The van der Waals surface area contributed by atoms with Crippen molar-refractivity contribution in [3.8, 4) is 0 Å². The molecule has 2 heterocycles. The molecule has 25 heavy (non-hydrogen) atoms. The van der Waals surface area contributed by atoms with E-state index in [0.29, 0.717) is 16.8 Å². The number of hydrogen-bond donors (Lipinski definition) is 1. The molecule has 0 radical (unpaired) electrons. The summed E-state index contributed by atoms with van der Waals surface area (Å²) in [6, 6.07) is 8.01. The standard InChI is InChI=1S/C17H18N4OS3/c22-14(10-23-17-18-12-8-4-5-9-13(12)24-17)19-16-21-20-15(25-16)11-6-2-1-3-7-11/h4-5,8-9,11H,1-3,6-7,10H2,(H,19,21,22). The van der Waals surface area contributed by atoms with Gasteiger partial charge < -0.3 is 0 Å². The first-order valence-electron chi connectivity index (χ1n) is 8.39. The molecule has 5 nitrogen and oxygen atoms in total. The molecule has 8 heteroatoms. The third kappa shape index (κ3) is 4.19. The molecule has 1 amide bonds. The van der Waals surface area contributed by atoms with Crippen LogP contribution in [0.2, 0.25) is 0 Å². The first-order valence-corrected chi connectivity index (χ1v) is 11.0. The van der Waals surface area contributed by atoms with E-state index in [1.165, 1.54) is 55.2 Å². The number of anilines is 1. The molecule has 0 unspecified atom stereocenters. The van der Waals surface area contributed by atoms with Crippen LogP contribution in [0.1, 0.15) is 43.0 Å². The number of nitrogens with one attached hydrogen (secondary N) is 1. The number of fused-ring (bicyclic) bond motifs is 1. The molecule has 3 aromatic rings. The zero-order valence-corrected chi connectivity index (χ0v) is 16.1. The number of thiazole rings is 1. The van der Waals surface area contributed by atoms with Crippen LogP contribution in [0.25, 0.3) is 10.2 Å². The largest absolute Gasteiger partial charge is 0.300 e. The summed E-state index contributed by atoms with van der Waals surface area (Å²) in [6.07, 6.45) is 6.24. The van der Waals surface area contributed by atoms with Crippen LogP contribution >= 0.6 is 34.4 Å². The van der Waals surface area contributed by atoms with E-state index >= 15 is 0 Å². The van der Waals surface area contributed by atoms with Gasteiger partial charge in [-0.2, -0.15) is 0 Å². The molecule has 1 aliphatic carbocycles. The number of carbonyl (C=O) groups is 1. The van der Waals surface area contributed by atoms with E-state index in [9.17, 15) is 4.79 Å². The van der Waals surface area contributed by atoms with Gasteiger partial charge in [0.2, 0.25) is 11.0 Å². The number of carbonyl (C=O) groups excluding carboxylic acids is 1. The van der Waals surface area contributed by atoms with Gasteiger partial charge in [-0.1, -0.05) is 54.5 Å². The van der Waals surface area contributed by atoms with E-state index < -0.39 is 0 Å². The highest BCUT2D eigenvalue weighted by Crippen LogP contribution is 2.35. The van der Waals surface area contributed by atoms with Crippen molar-refractivity contribution in [2.24, 2.45) is 0 Å². The lowest BCUT2D eigenvalue weighted by Gasteiger charge is -2.18. The fourth-order valence-corrected chi connectivity index (χ4v) is 5.79. The van der Waals surface area contributed by atoms with Crippen LogP contribution in [0, 0.1) is 0 Å². The number of amides is 1. The summed E-state index contributed by atoms with van der Waals surface area (Å²) in [5.74, 6) is 0.794. The van der Waals surface area contributed by atoms with E-state index in [1.807, 2.05) is 24.3 Å². The van der Waals surface area contributed by atoms with E-state index in [4.69, 9.17) is 0 Å². The normalized spacial score (nSPS) is 15.5. The summed E-state index contributed by atoms with van der Waals surface area (Å²) in [5, 5.41) is 13.0. The van der Waals surface area contributed by atoms with Crippen molar-refractivity contribution in [1.29, 1.82) is 0 Å². The average molecular weight is 391 g/mol. The van der Waals surface area contributed by atoms with Crippen molar-refractivity contribution in [1.82, 2.24) is 15.2 Å². The summed E-state index contributed by atoms with van der Waals surface area (Å²) in [7, 11) is 0. The van der Waals surface area contributed by atoms with Gasteiger partial charge in [-0.05, 0) is 25.0 Å². The zero-order chi connectivity index (χ0) is 17.1. The predicted octanol–water partition coefficient (Wildman–Crippen LogP) is 4.93. The average Bonchev–Trinajstić information content (AvgIpc) is 3.27. The molecule has 1 fully saturated rings. The first kappa shape index (κ1) is 16.9. The van der Waals surface area contributed by atoms with Gasteiger partial charge in [0.15, 0.2) is 4.34 Å². The highest BCUT2D eigenvalue weighted by atomic mass is 32.2. The highest BCUT2D eigenvalue weighted by molar-refractivity contribution is 8.01. The van der Waals surface area contributed by atoms with E-state index in [0.717, 1.165) is 19.6 Å². The molecule has 1 N–H and O–H groups in total. The van der Waals surface area contributed by atoms with Gasteiger partial charge in [0.05, 0.1) is 16.0 Å². The van der Waals surface area contributed by atoms with Crippen molar-refractivity contribution < 1.29 is 4.79 Å². The number of aromatic nitrogens is 3. The number of rotatable bonds is 5. The maximum atomic E-state index is 12.2. The predicted molar refractivity (Wildman–Crippen MR) is 105 cm³/mol. The molecule has 1 aromatic carbocycles. The SMILES string of the molecule is O=C(CSc1nc2ccccc2s1)Nc1nnc(C2CCCCC2)s1. The number of para-hydroxylation sites is 1. The Hall–Kier alpha value is -1.51. The second-order valence-electron chi connectivity index (χ2n) is 6.06. The van der Waals surface area contributed by atoms with Gasteiger partial charge in [-0.3, -0.25) is 10.1 Å². The summed E-state index contributed by atoms with van der Waals surface area (Å²) in [6.45, 7) is 0. The number of benzene rings is 1. The molecule has 0 aliphatic heterocycles. The molecule has 0 atom stereocenters. The topological polar surface area (TPSA) is 67.8 Å². The van der Waals surface area contributed by atoms with Crippen LogP contribution in [-0.4, -0.2) is 26.8 Å². The monoisotopic (exact) mass is 390 g/mol. The highest BCUT2D eigenvalue weighted by Gasteiger charge is 2.20. The van der Waals surface area contributed by atoms with Gasteiger partial charge in [0.25, 0.3) is 0 Å². The zero-order valence-electron chi connectivity index (χ0n) is 13.6. The van der Waals surface area contributed by atoms with E-state index in [-0.39, 0.29) is 5.91 Å². The van der Waals surface area contributed by atoms with Gasteiger partial charge >= 0.3 is 0 Å². The molecule has 130 valence electrons. The lowest BCUT2D eigenvalue weighted by atomic mass is 9.90. The minimum Gasteiger partial charge on any atom is -0.300 e. The van der Waals surface area contributed by atoms with Crippen LogP contribution in [0.3, 0.4) is 0 Å². The molecule has 4 rings (SSSR count). The minimum absolute atomic E-state index is 0.0596. The van der Waals surface area contributed by atoms with Gasteiger partial charge in [0, 0.05) is 5.92 Å². The Morgan fingerprint density at radius 3 is 2.84 bits per heavy atom. The van der Waals surface area contributed by atoms with E-state index in [2.05, 4.69) is 20.5 Å². The molecule has 1 saturated carbocycles. The lowest BCUT2D eigenvalue weighted by Crippen LogP contribution is -2.13. The smallest absolute Gasteiger partial charge is 0.236 e. The molecular formula is C17H18N4OS3. The van der Waals surface area contributed by atoms with Crippen LogP contribution in [0.5, 0.6) is 0 Å². The molecular weight excluding hydrogens is 372 g/mol. The van der Waals surface area contributed by atoms with Crippen molar-refractivity contribution in [2.45, 2.75) is 42.4 Å². The number of nitrogens with zero attached hydrogens (tertiary/aromatic N) is 3. The Balaban J connectivity index is 1.32. The lowest BCUT2D eigenvalue weighted by molar-refractivity contribution is -0.113. The van der Waals surface area contributed by atoms with E-state index in [1.54, 1.807) is 11.3 Å². The fourth-order valence-electron chi connectivity index (χ4n) is 3.00. The Labute approximate surface area is 158 Å². The Morgan fingerprint density at radius 1 is 1.16 bits per heavy atom. The summed E-state index contributed by atoms with van der Waals surface area (Å²) >= 11 is 4.59. The molecule has 1 aliphatic rings. The van der Waals surface area contributed by atoms with Crippen molar-refractivity contribution in [3.63, 3.8) is 0 Å². The Morgan fingerprint density at radius 2 is 2.00 bits per heavy atom. The fraction of sp³-hybridized carbons (Fsp3) is 0.412. The summed E-state index contributed by atoms with van der Waals surface area (Å²) in [4.78, 5) is 16.7. The number of thioether (sulfide) groups is 1. The number of hydrogen-bond acceptors (Lipinski definition) is 7. The second-order valence-corrected chi connectivity index (χ2v) is 9.33. The van der Waals surface area contributed by atoms with Gasteiger partial charge in [-0.25, -0.2) is 4.98 Å².